The Labute approximate surface area is 164 Å². The predicted octanol–water partition coefficient (Wildman–Crippen LogP) is 6.41. The van der Waals surface area contributed by atoms with Gasteiger partial charge in [0.25, 0.3) is 0 Å². The van der Waals surface area contributed by atoms with E-state index in [-0.39, 0.29) is 0 Å². The summed E-state index contributed by atoms with van der Waals surface area (Å²) in [4.78, 5) is 16.8. The molecule has 0 aliphatic carbocycles. The predicted molar refractivity (Wildman–Crippen MR) is 116 cm³/mol. The van der Waals surface area contributed by atoms with Crippen molar-refractivity contribution < 1.29 is 9.53 Å². The molecule has 0 atom stereocenters. The monoisotopic (exact) mass is 389 g/mol. The lowest BCUT2D eigenvalue weighted by Crippen LogP contribution is -2.51. The molecule has 27 heavy (non-hydrogen) atoms. The van der Waals surface area contributed by atoms with Gasteiger partial charge in [-0.1, -0.05) is 41.5 Å². The zero-order chi connectivity index (χ0) is 20.6. The number of ether oxygens (including phenoxy) is 1. The second-order valence-corrected chi connectivity index (χ2v) is 15.0. The van der Waals surface area contributed by atoms with Crippen LogP contribution in [0.15, 0.2) is 24.5 Å². The third-order valence-electron chi connectivity index (χ3n) is 5.36. The molecule has 0 saturated heterocycles. The van der Waals surface area contributed by atoms with Crippen LogP contribution in [0.2, 0.25) is 16.6 Å². The normalized spacial score (nSPS) is 13.0. The summed E-state index contributed by atoms with van der Waals surface area (Å²) in [5.74, 6) is 0. The molecule has 0 saturated carbocycles. The quantitative estimate of drug-likeness (QED) is 0.601. The zero-order valence-corrected chi connectivity index (χ0v) is 19.3. The fraction of sp³-hybridized carbons (Fsp3) is 0.619. The van der Waals surface area contributed by atoms with Crippen LogP contribution in [0.5, 0.6) is 0 Å². The van der Waals surface area contributed by atoms with Crippen molar-refractivity contribution in [2.45, 2.75) is 84.5 Å². The molecule has 150 valence electrons. The van der Waals surface area contributed by atoms with E-state index in [0.29, 0.717) is 22.3 Å². The number of rotatable bonds is 5. The lowest BCUT2D eigenvalue weighted by molar-refractivity contribution is 0.0636. The zero-order valence-electron chi connectivity index (χ0n) is 18.3. The highest BCUT2D eigenvalue weighted by Crippen LogP contribution is 2.44. The molecule has 1 N–H and O–H groups in total. The van der Waals surface area contributed by atoms with Gasteiger partial charge in [0.1, 0.15) is 11.2 Å². The molecule has 0 unspecified atom stereocenters. The number of amides is 1. The van der Waals surface area contributed by atoms with E-state index in [2.05, 4.69) is 63.4 Å². The summed E-state index contributed by atoms with van der Waals surface area (Å²) in [7, 11) is -1.85. The van der Waals surface area contributed by atoms with Gasteiger partial charge in [0.15, 0.2) is 8.24 Å². The van der Waals surface area contributed by atoms with Crippen LogP contribution < -0.4 is 5.32 Å². The molecule has 0 aliphatic heterocycles. The van der Waals surface area contributed by atoms with E-state index in [1.165, 1.54) is 0 Å². The van der Waals surface area contributed by atoms with Crippen molar-refractivity contribution >= 4 is 31.0 Å². The third kappa shape index (κ3) is 4.20. The fourth-order valence-corrected chi connectivity index (χ4v) is 11.2. The number of pyridine rings is 1. The van der Waals surface area contributed by atoms with Crippen LogP contribution >= 0.6 is 0 Å². The van der Waals surface area contributed by atoms with Crippen molar-refractivity contribution in [3.05, 3.63) is 24.5 Å². The lowest BCUT2D eigenvalue weighted by atomic mass is 10.2. The van der Waals surface area contributed by atoms with Crippen molar-refractivity contribution in [2.75, 3.05) is 5.32 Å². The summed E-state index contributed by atoms with van der Waals surface area (Å²) in [6, 6.07) is 4.08. The third-order valence-corrected chi connectivity index (χ3v) is 12.1. The lowest BCUT2D eigenvalue weighted by Gasteiger charge is -2.44. The molecule has 2 rings (SSSR count). The van der Waals surface area contributed by atoms with E-state index in [1.807, 2.05) is 26.8 Å². The number of aromatic nitrogens is 2. The summed E-state index contributed by atoms with van der Waals surface area (Å²) >= 11 is 0. The van der Waals surface area contributed by atoms with Crippen molar-refractivity contribution in [1.82, 2.24) is 9.22 Å². The van der Waals surface area contributed by atoms with Gasteiger partial charge in [0.05, 0.1) is 11.9 Å². The molecular formula is C21H35N3O2Si. The number of fused-ring (bicyclic) bond motifs is 1. The molecule has 0 aliphatic rings. The first-order valence-electron chi connectivity index (χ1n) is 9.87. The number of nitrogens with one attached hydrogen (secondary N) is 1. The average Bonchev–Trinajstić information content (AvgIpc) is 2.88. The van der Waals surface area contributed by atoms with Gasteiger partial charge in [-0.3, -0.25) is 5.32 Å². The molecule has 0 fully saturated rings. The standard InChI is InChI=1S/C21H35N3O2Si/c1-14(2)27(15(3)4,16(5)6)24-11-10-17-12-18(13-22-19(17)24)23-20(25)26-21(7,8)9/h10-16H,1-9H3,(H,23,25). The molecule has 0 aromatic carbocycles. The SMILES string of the molecule is CC(C)[Si](C(C)C)(C(C)C)n1ccc2cc(NC(=O)OC(C)(C)C)cnc21. The number of carbonyl (C=O) groups is 1. The van der Waals surface area contributed by atoms with Crippen LogP contribution in [0.25, 0.3) is 11.0 Å². The van der Waals surface area contributed by atoms with Gasteiger partial charge >= 0.3 is 6.09 Å². The number of hydrogen-bond acceptors (Lipinski definition) is 3. The minimum Gasteiger partial charge on any atom is -0.444 e. The van der Waals surface area contributed by atoms with Gasteiger partial charge in [-0.25, -0.2) is 9.78 Å². The van der Waals surface area contributed by atoms with Gasteiger partial charge in [-0.05, 0) is 55.7 Å². The molecular weight excluding hydrogens is 354 g/mol. The van der Waals surface area contributed by atoms with Crippen molar-refractivity contribution in [2.24, 2.45) is 0 Å². The Hall–Kier alpha value is -1.82. The first kappa shape index (κ1) is 21.5. The number of anilines is 1. The van der Waals surface area contributed by atoms with Crippen molar-refractivity contribution in [3.63, 3.8) is 0 Å². The second kappa shape index (κ2) is 7.66. The van der Waals surface area contributed by atoms with Crippen molar-refractivity contribution in [1.29, 1.82) is 0 Å². The smallest absolute Gasteiger partial charge is 0.412 e. The number of carbonyl (C=O) groups excluding carboxylic acids is 1. The van der Waals surface area contributed by atoms with Gasteiger partial charge in [-0.15, -0.1) is 0 Å². The summed E-state index contributed by atoms with van der Waals surface area (Å²) in [5.41, 5.74) is 2.91. The van der Waals surface area contributed by atoms with E-state index in [1.54, 1.807) is 6.20 Å². The second-order valence-electron chi connectivity index (χ2n) is 9.30. The highest BCUT2D eigenvalue weighted by atomic mass is 28.3. The minimum absolute atomic E-state index is 0.460. The fourth-order valence-electron chi connectivity index (χ4n) is 4.66. The van der Waals surface area contributed by atoms with Gasteiger partial charge < -0.3 is 8.97 Å². The Kier molecular flexibility index (Phi) is 6.09. The highest BCUT2D eigenvalue weighted by Gasteiger charge is 2.45. The molecule has 2 aromatic rings. The Morgan fingerprint density at radius 1 is 1.11 bits per heavy atom. The van der Waals surface area contributed by atoms with Crippen LogP contribution in [0.3, 0.4) is 0 Å². The van der Waals surface area contributed by atoms with Gasteiger partial charge in [0, 0.05) is 5.39 Å². The maximum Gasteiger partial charge on any atom is 0.412 e. The molecule has 0 spiro atoms. The van der Waals surface area contributed by atoms with E-state index in [4.69, 9.17) is 9.72 Å². The van der Waals surface area contributed by atoms with Crippen molar-refractivity contribution in [3.8, 4) is 0 Å². The van der Waals surface area contributed by atoms with E-state index in [9.17, 15) is 4.79 Å². The Balaban J connectivity index is 2.44. The molecule has 2 heterocycles. The molecule has 0 radical (unpaired) electrons. The number of nitrogens with zero attached hydrogens (tertiary/aromatic N) is 2. The van der Waals surface area contributed by atoms with Crippen LogP contribution in [0, 0.1) is 0 Å². The van der Waals surface area contributed by atoms with Crippen LogP contribution in [-0.2, 0) is 4.74 Å². The molecule has 2 aromatic heterocycles. The van der Waals surface area contributed by atoms with E-state index < -0.39 is 19.9 Å². The van der Waals surface area contributed by atoms with E-state index in [0.717, 1.165) is 11.0 Å². The summed E-state index contributed by atoms with van der Waals surface area (Å²) in [5, 5.41) is 3.83. The molecule has 5 nitrogen and oxygen atoms in total. The maximum absolute atomic E-state index is 12.0. The van der Waals surface area contributed by atoms with Crippen LogP contribution in [0.4, 0.5) is 10.5 Å². The van der Waals surface area contributed by atoms with Crippen LogP contribution in [-0.4, -0.2) is 29.1 Å². The van der Waals surface area contributed by atoms with E-state index >= 15 is 0 Å². The van der Waals surface area contributed by atoms with Gasteiger partial charge in [0.2, 0.25) is 0 Å². The molecule has 1 amide bonds. The van der Waals surface area contributed by atoms with Crippen LogP contribution in [0.1, 0.15) is 62.3 Å². The number of hydrogen-bond donors (Lipinski definition) is 1. The maximum atomic E-state index is 12.0. The van der Waals surface area contributed by atoms with Gasteiger partial charge in [-0.2, -0.15) is 0 Å². The molecule has 0 bridgehead atoms. The Morgan fingerprint density at radius 3 is 2.15 bits per heavy atom. The highest BCUT2D eigenvalue weighted by molar-refractivity contribution is 6.82. The molecule has 6 heteroatoms. The summed E-state index contributed by atoms with van der Waals surface area (Å²) in [6.45, 7) is 19.6. The Bertz CT molecular complexity index is 782. The minimum atomic E-state index is -1.85. The summed E-state index contributed by atoms with van der Waals surface area (Å²) in [6.07, 6.45) is 3.46. The first-order chi connectivity index (χ1) is 12.4. The average molecular weight is 390 g/mol. The first-order valence-corrected chi connectivity index (χ1v) is 12.0. The largest absolute Gasteiger partial charge is 0.444 e. The Morgan fingerprint density at radius 2 is 1.67 bits per heavy atom. The topological polar surface area (TPSA) is 56.2 Å². The summed E-state index contributed by atoms with van der Waals surface area (Å²) < 4.78 is 7.80.